The van der Waals surface area contributed by atoms with E-state index in [1.807, 2.05) is 4.90 Å². The highest BCUT2D eigenvalue weighted by Gasteiger charge is 2.25. The molecule has 1 atom stereocenters. The molecule has 0 bridgehead atoms. The van der Waals surface area contributed by atoms with E-state index in [0.29, 0.717) is 0 Å². The average Bonchev–Trinajstić information content (AvgIpc) is 2.19. The van der Waals surface area contributed by atoms with Crippen LogP contribution in [0, 0.1) is 12.3 Å². The van der Waals surface area contributed by atoms with Crippen LogP contribution in [-0.2, 0) is 4.79 Å². The van der Waals surface area contributed by atoms with Gasteiger partial charge in [0.05, 0.1) is 4.83 Å². The summed E-state index contributed by atoms with van der Waals surface area (Å²) >= 11 is 3.39. The van der Waals surface area contributed by atoms with Crippen molar-refractivity contribution in [3.8, 4) is 12.3 Å². The molecule has 0 aromatic heterocycles. The van der Waals surface area contributed by atoms with Crippen molar-refractivity contribution >= 4 is 21.8 Å². The van der Waals surface area contributed by atoms with Crippen LogP contribution in [0.5, 0.6) is 0 Å². The Labute approximate surface area is 94.2 Å². The highest BCUT2D eigenvalue weighted by molar-refractivity contribution is 9.10. The zero-order valence-electron chi connectivity index (χ0n) is 8.34. The van der Waals surface area contributed by atoms with Crippen molar-refractivity contribution in [1.29, 1.82) is 0 Å². The molecular formula is C11H16BrNO. The van der Waals surface area contributed by atoms with Crippen molar-refractivity contribution < 1.29 is 4.79 Å². The molecular weight excluding hydrogens is 242 g/mol. The predicted octanol–water partition coefficient (Wildman–Crippen LogP) is 2.18. The number of rotatable bonds is 4. The summed E-state index contributed by atoms with van der Waals surface area (Å²) in [5, 5.41) is 0. The maximum atomic E-state index is 11.6. The van der Waals surface area contributed by atoms with E-state index in [2.05, 4.69) is 21.9 Å². The van der Waals surface area contributed by atoms with Crippen LogP contribution in [0.15, 0.2) is 0 Å². The molecule has 0 aliphatic carbocycles. The lowest BCUT2D eigenvalue weighted by molar-refractivity contribution is -0.132. The minimum atomic E-state index is 0.0453. The molecule has 0 N–H and O–H groups in total. The number of nitrogens with zero attached hydrogens (tertiary/aromatic N) is 1. The van der Waals surface area contributed by atoms with Crippen molar-refractivity contribution in [3.63, 3.8) is 0 Å². The first-order valence-electron chi connectivity index (χ1n) is 5.12. The lowest BCUT2D eigenvalue weighted by Crippen LogP contribution is -2.42. The summed E-state index contributed by atoms with van der Waals surface area (Å²) in [5.74, 6) is 2.86. The first kappa shape index (κ1) is 11.6. The Morgan fingerprint density at radius 1 is 1.57 bits per heavy atom. The fourth-order valence-electron chi connectivity index (χ4n) is 1.64. The summed E-state index contributed by atoms with van der Waals surface area (Å²) in [7, 11) is 0. The number of carbonyl (C=O) groups is 1. The molecule has 1 heterocycles. The second-order valence-electron chi connectivity index (χ2n) is 3.60. The normalized spacial score (nSPS) is 22.1. The summed E-state index contributed by atoms with van der Waals surface area (Å²) in [4.78, 5) is 13.6. The minimum Gasteiger partial charge on any atom is -0.342 e. The van der Waals surface area contributed by atoms with Gasteiger partial charge in [-0.15, -0.1) is 12.3 Å². The van der Waals surface area contributed by atoms with Gasteiger partial charge in [0.1, 0.15) is 0 Å². The number of carbonyl (C=O) groups excluding carboxylic acids is 1. The fraction of sp³-hybridized carbons (Fsp3) is 0.727. The predicted molar refractivity (Wildman–Crippen MR) is 61.2 cm³/mol. The van der Waals surface area contributed by atoms with Crippen LogP contribution in [-0.4, -0.2) is 28.7 Å². The van der Waals surface area contributed by atoms with E-state index >= 15 is 0 Å². The molecule has 1 aliphatic heterocycles. The van der Waals surface area contributed by atoms with Gasteiger partial charge in [0.25, 0.3) is 0 Å². The largest absolute Gasteiger partial charge is 0.342 e. The van der Waals surface area contributed by atoms with E-state index in [-0.39, 0.29) is 10.7 Å². The number of hydrogen-bond acceptors (Lipinski definition) is 1. The van der Waals surface area contributed by atoms with Crippen LogP contribution in [0.3, 0.4) is 0 Å². The third-order valence-electron chi connectivity index (χ3n) is 2.46. The summed E-state index contributed by atoms with van der Waals surface area (Å²) in [6.45, 7) is 1.78. The van der Waals surface area contributed by atoms with Crippen LogP contribution in [0.1, 0.15) is 32.1 Å². The Balaban J connectivity index is 2.23. The molecule has 0 radical (unpaired) electrons. The molecule has 1 unspecified atom stereocenters. The molecule has 1 aliphatic rings. The van der Waals surface area contributed by atoms with Gasteiger partial charge in [-0.1, -0.05) is 15.9 Å². The van der Waals surface area contributed by atoms with Gasteiger partial charge in [0.15, 0.2) is 0 Å². The molecule has 0 saturated carbocycles. The summed E-state index contributed by atoms with van der Waals surface area (Å²) in [6, 6.07) is 0. The third kappa shape index (κ3) is 3.34. The van der Waals surface area contributed by atoms with Gasteiger partial charge in [-0.05, 0) is 25.7 Å². The summed E-state index contributed by atoms with van der Waals surface area (Å²) in [6.07, 6.45) is 10.1. The molecule has 2 nitrogen and oxygen atoms in total. The van der Waals surface area contributed by atoms with Crippen LogP contribution < -0.4 is 0 Å². The van der Waals surface area contributed by atoms with Crippen molar-refractivity contribution in [2.24, 2.45) is 0 Å². The van der Waals surface area contributed by atoms with Crippen molar-refractivity contribution in [2.45, 2.75) is 36.9 Å². The van der Waals surface area contributed by atoms with E-state index in [1.165, 1.54) is 0 Å². The van der Waals surface area contributed by atoms with Gasteiger partial charge in [-0.25, -0.2) is 0 Å². The SMILES string of the molecule is C#CCCCCN1CCCC(Br)C1=O. The quantitative estimate of drug-likeness (QED) is 0.430. The Morgan fingerprint density at radius 2 is 2.36 bits per heavy atom. The van der Waals surface area contributed by atoms with Crippen molar-refractivity contribution in [1.82, 2.24) is 4.90 Å². The van der Waals surface area contributed by atoms with Crippen LogP contribution in [0.4, 0.5) is 0 Å². The average molecular weight is 258 g/mol. The first-order valence-corrected chi connectivity index (χ1v) is 6.03. The van der Waals surface area contributed by atoms with E-state index in [1.54, 1.807) is 0 Å². The lowest BCUT2D eigenvalue weighted by atomic mass is 10.1. The molecule has 0 aromatic carbocycles. The lowest BCUT2D eigenvalue weighted by Gasteiger charge is -2.29. The number of hydrogen-bond donors (Lipinski definition) is 0. The number of likely N-dealkylation sites (tertiary alicyclic amines) is 1. The Bertz CT molecular complexity index is 234. The second kappa shape index (κ2) is 6.08. The second-order valence-corrected chi connectivity index (χ2v) is 4.70. The molecule has 1 amide bonds. The van der Waals surface area contributed by atoms with Gasteiger partial charge in [-0.2, -0.15) is 0 Å². The zero-order chi connectivity index (χ0) is 10.4. The third-order valence-corrected chi connectivity index (χ3v) is 3.31. The van der Waals surface area contributed by atoms with Gasteiger partial charge < -0.3 is 4.90 Å². The van der Waals surface area contributed by atoms with E-state index in [0.717, 1.165) is 45.2 Å². The van der Waals surface area contributed by atoms with Gasteiger partial charge >= 0.3 is 0 Å². The minimum absolute atomic E-state index is 0.0453. The van der Waals surface area contributed by atoms with Crippen LogP contribution >= 0.6 is 15.9 Å². The molecule has 1 saturated heterocycles. The van der Waals surface area contributed by atoms with E-state index in [4.69, 9.17) is 6.42 Å². The van der Waals surface area contributed by atoms with Gasteiger partial charge in [0.2, 0.25) is 5.91 Å². The van der Waals surface area contributed by atoms with Gasteiger partial charge in [-0.3, -0.25) is 4.79 Å². The molecule has 0 spiro atoms. The standard InChI is InChI=1S/C11H16BrNO/c1-2-3-4-5-8-13-9-6-7-10(12)11(13)14/h1,10H,3-9H2. The van der Waals surface area contributed by atoms with Crippen molar-refractivity contribution in [3.05, 3.63) is 0 Å². The molecule has 0 aromatic rings. The van der Waals surface area contributed by atoms with E-state index in [9.17, 15) is 4.79 Å². The fourth-order valence-corrected chi connectivity index (χ4v) is 2.26. The monoisotopic (exact) mass is 257 g/mol. The highest BCUT2D eigenvalue weighted by atomic mass is 79.9. The molecule has 14 heavy (non-hydrogen) atoms. The molecule has 1 rings (SSSR count). The zero-order valence-corrected chi connectivity index (χ0v) is 9.92. The number of terminal acetylenes is 1. The highest BCUT2D eigenvalue weighted by Crippen LogP contribution is 2.18. The van der Waals surface area contributed by atoms with E-state index < -0.39 is 0 Å². The molecule has 3 heteroatoms. The van der Waals surface area contributed by atoms with Crippen LogP contribution in [0.25, 0.3) is 0 Å². The number of unbranched alkanes of at least 4 members (excludes halogenated alkanes) is 2. The summed E-state index contributed by atoms with van der Waals surface area (Å²) in [5.41, 5.74) is 0. The maximum absolute atomic E-state index is 11.6. The molecule has 78 valence electrons. The Hall–Kier alpha value is -0.490. The van der Waals surface area contributed by atoms with Crippen molar-refractivity contribution in [2.75, 3.05) is 13.1 Å². The summed E-state index contributed by atoms with van der Waals surface area (Å²) < 4.78 is 0. The molecule has 1 fully saturated rings. The first-order chi connectivity index (χ1) is 6.75. The smallest absolute Gasteiger partial charge is 0.236 e. The number of piperidine rings is 1. The Kier molecular flexibility index (Phi) is 5.03. The topological polar surface area (TPSA) is 20.3 Å². The number of alkyl halides is 1. The Morgan fingerprint density at radius 3 is 3.07 bits per heavy atom. The van der Waals surface area contributed by atoms with Crippen LogP contribution in [0.2, 0.25) is 0 Å². The van der Waals surface area contributed by atoms with Gasteiger partial charge in [0, 0.05) is 19.5 Å². The number of amides is 1. The number of halogens is 1. The maximum Gasteiger partial charge on any atom is 0.236 e.